The minimum Gasteiger partial charge on any atom is -0.386 e. The first-order chi connectivity index (χ1) is 14.9. The molecule has 2 N–H and O–H groups in total. The van der Waals surface area contributed by atoms with Crippen LogP contribution in [0.2, 0.25) is 0 Å². The molecular formula is C23H27FN4O3S. The van der Waals surface area contributed by atoms with Crippen molar-refractivity contribution in [1.82, 2.24) is 9.97 Å². The first-order valence-electron chi connectivity index (χ1n) is 10.6. The maximum Gasteiger partial charge on any atom is 0.187 e. The second-order valence-electron chi connectivity index (χ2n) is 9.35. The number of carbonyl (C=O) groups is 1. The second kappa shape index (κ2) is 7.16. The van der Waals surface area contributed by atoms with Crippen molar-refractivity contribution in [3.8, 4) is 0 Å². The lowest BCUT2D eigenvalue weighted by Gasteiger charge is -2.55. The van der Waals surface area contributed by atoms with Gasteiger partial charge < -0.3 is 5.73 Å². The zero-order chi connectivity index (χ0) is 23.5. The van der Waals surface area contributed by atoms with E-state index in [0.29, 0.717) is 30.5 Å². The van der Waals surface area contributed by atoms with Crippen LogP contribution in [0.1, 0.15) is 67.3 Å². The topological polar surface area (TPSA) is 115 Å². The number of rotatable bonds is 4. The first-order valence-corrected chi connectivity index (χ1v) is 12.0. The number of nitrogens with zero attached hydrogens (tertiary/aromatic N) is 3. The highest BCUT2D eigenvalue weighted by Gasteiger charge is 2.67. The normalized spacial score (nSPS) is 31.1. The van der Waals surface area contributed by atoms with E-state index < -0.39 is 30.7 Å². The van der Waals surface area contributed by atoms with Gasteiger partial charge in [-0.05, 0) is 64.7 Å². The van der Waals surface area contributed by atoms with E-state index in [1.807, 2.05) is 0 Å². The van der Waals surface area contributed by atoms with Crippen molar-refractivity contribution in [3.63, 3.8) is 0 Å². The Labute approximate surface area is 187 Å². The monoisotopic (exact) mass is 458 g/mol. The number of Topliss-reactive ketones (excluding diaryl/α,β-unsaturated/α-hetero) is 1. The SMILES string of the molecule is Cc1cnc(C(=O)Cc2ccc(F)c([C@@]3(C)N=C(N)[C@@]4(C)CCC[C@]3(C)S4(=O)=O)c2)cn1. The summed E-state index contributed by atoms with van der Waals surface area (Å²) in [6, 6.07) is 4.30. The molecular weight excluding hydrogens is 431 g/mol. The van der Waals surface area contributed by atoms with Gasteiger partial charge in [-0.25, -0.2) is 17.8 Å². The van der Waals surface area contributed by atoms with Crippen LogP contribution in [0.15, 0.2) is 35.6 Å². The van der Waals surface area contributed by atoms with Crippen LogP contribution in [0.3, 0.4) is 0 Å². The lowest BCUT2D eigenvalue weighted by molar-refractivity contribution is 0.0987. The molecule has 1 aromatic carbocycles. The van der Waals surface area contributed by atoms with Crippen LogP contribution in [0, 0.1) is 12.7 Å². The van der Waals surface area contributed by atoms with Crippen LogP contribution < -0.4 is 5.73 Å². The Morgan fingerprint density at radius 1 is 1.16 bits per heavy atom. The quantitative estimate of drug-likeness (QED) is 0.704. The molecule has 2 bridgehead atoms. The number of hydrogen-bond donors (Lipinski definition) is 1. The molecule has 0 radical (unpaired) electrons. The van der Waals surface area contributed by atoms with Crippen LogP contribution in [0.5, 0.6) is 0 Å². The van der Waals surface area contributed by atoms with Crippen molar-refractivity contribution in [2.45, 2.75) is 68.4 Å². The molecule has 170 valence electrons. The number of halogens is 1. The second-order valence-corrected chi connectivity index (χ2v) is 12.2. The van der Waals surface area contributed by atoms with Gasteiger partial charge in [-0.1, -0.05) is 6.07 Å². The van der Waals surface area contributed by atoms with Gasteiger partial charge in [-0.3, -0.25) is 14.8 Å². The molecule has 3 atom stereocenters. The maximum absolute atomic E-state index is 15.2. The summed E-state index contributed by atoms with van der Waals surface area (Å²) in [6.45, 7) is 6.63. The fourth-order valence-electron chi connectivity index (χ4n) is 4.99. The average molecular weight is 459 g/mol. The summed E-state index contributed by atoms with van der Waals surface area (Å²) in [6.07, 6.45) is 4.28. The van der Waals surface area contributed by atoms with Gasteiger partial charge >= 0.3 is 0 Å². The lowest BCUT2D eigenvalue weighted by Crippen LogP contribution is -2.69. The Morgan fingerprint density at radius 3 is 2.53 bits per heavy atom. The summed E-state index contributed by atoms with van der Waals surface area (Å²) >= 11 is 0. The molecule has 1 fully saturated rings. The highest BCUT2D eigenvalue weighted by Crippen LogP contribution is 2.56. The zero-order valence-electron chi connectivity index (χ0n) is 18.6. The van der Waals surface area contributed by atoms with Crippen molar-refractivity contribution in [2.75, 3.05) is 0 Å². The van der Waals surface area contributed by atoms with Crippen molar-refractivity contribution in [2.24, 2.45) is 10.7 Å². The number of carbonyl (C=O) groups excluding carboxylic acids is 1. The number of aromatic nitrogens is 2. The zero-order valence-corrected chi connectivity index (χ0v) is 19.5. The maximum atomic E-state index is 15.2. The van der Waals surface area contributed by atoms with Gasteiger partial charge in [-0.2, -0.15) is 0 Å². The molecule has 3 heterocycles. The van der Waals surface area contributed by atoms with Crippen LogP contribution in [0.4, 0.5) is 4.39 Å². The van der Waals surface area contributed by atoms with Gasteiger partial charge in [0.15, 0.2) is 15.6 Å². The van der Waals surface area contributed by atoms with Gasteiger partial charge in [0.25, 0.3) is 0 Å². The minimum atomic E-state index is -3.78. The molecule has 0 unspecified atom stereocenters. The standard InChI is InChI=1S/C23H27FN4O3S/c1-14-12-27-18(13-26-14)19(29)11-15-6-7-17(24)16(10-15)23(4)22(3)9-5-8-21(2,20(25)28-23)32(22,30)31/h6-7,10,12-13H,5,8-9,11H2,1-4H3,(H2,25,28)/t21-,22+,23-/m1/s1. The third kappa shape index (κ3) is 2.93. The molecule has 1 saturated heterocycles. The number of hydrogen-bond acceptors (Lipinski definition) is 7. The van der Waals surface area contributed by atoms with Gasteiger partial charge in [0.1, 0.15) is 27.6 Å². The van der Waals surface area contributed by atoms with Gasteiger partial charge in [0.05, 0.1) is 16.6 Å². The molecule has 9 heteroatoms. The summed E-state index contributed by atoms with van der Waals surface area (Å²) in [7, 11) is -3.78. The summed E-state index contributed by atoms with van der Waals surface area (Å²) in [5.41, 5.74) is 6.34. The lowest BCUT2D eigenvalue weighted by atomic mass is 9.74. The minimum absolute atomic E-state index is 0.00739. The Morgan fingerprint density at radius 2 is 1.88 bits per heavy atom. The third-order valence-corrected chi connectivity index (χ3v) is 10.8. The smallest absolute Gasteiger partial charge is 0.187 e. The van der Waals surface area contributed by atoms with Crippen molar-refractivity contribution in [3.05, 3.63) is 58.9 Å². The van der Waals surface area contributed by atoms with Crippen molar-refractivity contribution in [1.29, 1.82) is 0 Å². The van der Waals surface area contributed by atoms with E-state index in [4.69, 9.17) is 5.73 Å². The van der Waals surface area contributed by atoms with E-state index in [2.05, 4.69) is 15.0 Å². The molecule has 0 saturated carbocycles. The molecule has 2 aliphatic heterocycles. The molecule has 0 amide bonds. The fraction of sp³-hybridized carbons (Fsp3) is 0.478. The van der Waals surface area contributed by atoms with E-state index >= 15 is 4.39 Å². The highest BCUT2D eigenvalue weighted by molar-refractivity contribution is 7.95. The highest BCUT2D eigenvalue weighted by atomic mass is 32.2. The molecule has 2 aromatic rings. The van der Waals surface area contributed by atoms with Crippen LogP contribution in [0.25, 0.3) is 0 Å². The van der Waals surface area contributed by atoms with E-state index in [9.17, 15) is 13.2 Å². The Balaban J connectivity index is 1.80. The van der Waals surface area contributed by atoms with Crippen LogP contribution in [-0.4, -0.2) is 39.5 Å². The fourth-order valence-corrected chi connectivity index (χ4v) is 7.81. The van der Waals surface area contributed by atoms with E-state index in [1.54, 1.807) is 27.7 Å². The number of nitrogens with two attached hydrogens (primary N) is 1. The number of aliphatic imine (C=N–C) groups is 1. The molecule has 7 nitrogen and oxygen atoms in total. The predicted octanol–water partition coefficient (Wildman–Crippen LogP) is 3.05. The number of ketones is 1. The number of benzene rings is 1. The van der Waals surface area contributed by atoms with E-state index in [-0.39, 0.29) is 29.3 Å². The van der Waals surface area contributed by atoms with Crippen LogP contribution in [-0.2, 0) is 21.8 Å². The van der Waals surface area contributed by atoms with Crippen LogP contribution >= 0.6 is 0 Å². The number of aryl methyl sites for hydroxylation is 1. The number of fused-ring (bicyclic) bond motifs is 2. The third-order valence-electron chi connectivity index (χ3n) is 7.40. The largest absolute Gasteiger partial charge is 0.386 e. The molecule has 0 aliphatic carbocycles. The number of amidine groups is 1. The Kier molecular flexibility index (Phi) is 5.04. The van der Waals surface area contributed by atoms with Gasteiger partial charge in [-0.15, -0.1) is 0 Å². The molecule has 1 aromatic heterocycles. The predicted molar refractivity (Wildman–Crippen MR) is 120 cm³/mol. The van der Waals surface area contributed by atoms with Gasteiger partial charge in [0.2, 0.25) is 0 Å². The Hall–Kier alpha value is -2.68. The molecule has 32 heavy (non-hydrogen) atoms. The summed E-state index contributed by atoms with van der Waals surface area (Å²) in [4.78, 5) is 25.5. The summed E-state index contributed by atoms with van der Waals surface area (Å²) < 4.78 is 39.9. The first kappa shape index (κ1) is 22.5. The Bertz CT molecular complexity index is 1240. The van der Waals surface area contributed by atoms with Crippen molar-refractivity contribution >= 4 is 21.5 Å². The summed E-state index contributed by atoms with van der Waals surface area (Å²) in [5, 5.41) is 0. The van der Waals surface area contributed by atoms with Crippen molar-refractivity contribution < 1.29 is 17.6 Å². The molecule has 2 aliphatic rings. The van der Waals surface area contributed by atoms with E-state index in [0.717, 1.165) is 0 Å². The summed E-state index contributed by atoms with van der Waals surface area (Å²) in [5.74, 6) is -0.843. The van der Waals surface area contributed by atoms with E-state index in [1.165, 1.54) is 30.6 Å². The van der Waals surface area contributed by atoms with Gasteiger partial charge in [0, 0.05) is 18.2 Å². The average Bonchev–Trinajstić information content (AvgIpc) is 2.73. The number of sulfone groups is 1. The molecule has 4 rings (SSSR count). The molecule has 0 spiro atoms.